The largest absolute Gasteiger partial charge is 0.416 e. The van der Waals surface area contributed by atoms with Crippen molar-refractivity contribution in [2.24, 2.45) is 0 Å². The van der Waals surface area contributed by atoms with Crippen LogP contribution in [0.2, 0.25) is 0 Å². The summed E-state index contributed by atoms with van der Waals surface area (Å²) in [4.78, 5) is 13.6. The van der Waals surface area contributed by atoms with Gasteiger partial charge >= 0.3 is 6.18 Å². The van der Waals surface area contributed by atoms with Gasteiger partial charge in [-0.25, -0.2) is 8.42 Å². The molecule has 1 aromatic rings. The van der Waals surface area contributed by atoms with E-state index < -0.39 is 21.8 Å². The normalized spacial score (nSPS) is 18.3. The number of halogens is 3. The number of hydrogen-bond acceptors (Lipinski definition) is 4. The molecule has 0 radical (unpaired) electrons. The van der Waals surface area contributed by atoms with Crippen molar-refractivity contribution in [3.05, 3.63) is 29.8 Å². The van der Waals surface area contributed by atoms with Crippen LogP contribution in [0.25, 0.3) is 0 Å². The highest BCUT2D eigenvalue weighted by Crippen LogP contribution is 2.30. The first kappa shape index (κ1) is 21.6. The zero-order chi connectivity index (χ0) is 20.2. The molecular weight excluding hydrogens is 383 g/mol. The highest BCUT2D eigenvalue weighted by molar-refractivity contribution is 7.89. The maximum atomic E-state index is 12.6. The Morgan fingerprint density at radius 3 is 2.19 bits per heavy atom. The summed E-state index contributed by atoms with van der Waals surface area (Å²) >= 11 is 0. The van der Waals surface area contributed by atoms with E-state index in [0.717, 1.165) is 30.7 Å². The molecule has 152 valence electrons. The van der Waals surface area contributed by atoms with Gasteiger partial charge in [-0.2, -0.15) is 17.5 Å². The Morgan fingerprint density at radius 1 is 1.15 bits per heavy atom. The summed E-state index contributed by atoms with van der Waals surface area (Å²) in [6.07, 6.45) is -3.69. The molecule has 1 aliphatic heterocycles. The first-order valence-corrected chi connectivity index (χ1v) is 10.2. The second-order valence-corrected chi connectivity index (χ2v) is 8.52. The van der Waals surface area contributed by atoms with Crippen LogP contribution in [0.1, 0.15) is 25.8 Å². The SMILES string of the molecule is CCC(C)NC(=O)CN1CCN(S(=O)(=O)c2ccc(C(F)(F)F)cc2)CC1. The molecule has 6 nitrogen and oxygen atoms in total. The summed E-state index contributed by atoms with van der Waals surface area (Å²) in [6, 6.07) is 3.57. The summed E-state index contributed by atoms with van der Waals surface area (Å²) in [5.74, 6) is -0.108. The Kier molecular flexibility index (Phi) is 6.87. The van der Waals surface area contributed by atoms with Gasteiger partial charge in [0.1, 0.15) is 0 Å². The maximum absolute atomic E-state index is 12.6. The lowest BCUT2D eigenvalue weighted by molar-refractivity contribution is -0.137. The van der Waals surface area contributed by atoms with E-state index in [4.69, 9.17) is 0 Å². The van der Waals surface area contributed by atoms with E-state index in [1.54, 1.807) is 0 Å². The number of piperazine rings is 1. The number of nitrogens with one attached hydrogen (secondary N) is 1. The molecule has 0 bridgehead atoms. The van der Waals surface area contributed by atoms with Gasteiger partial charge in [0.25, 0.3) is 0 Å². The second-order valence-electron chi connectivity index (χ2n) is 6.58. The Hall–Kier alpha value is -1.65. The highest BCUT2D eigenvalue weighted by Gasteiger charge is 2.32. The quantitative estimate of drug-likeness (QED) is 0.782. The van der Waals surface area contributed by atoms with Gasteiger partial charge < -0.3 is 5.32 Å². The van der Waals surface area contributed by atoms with Gasteiger partial charge in [0, 0.05) is 32.2 Å². The third kappa shape index (κ3) is 5.66. The molecule has 0 spiro atoms. The topological polar surface area (TPSA) is 69.7 Å². The lowest BCUT2D eigenvalue weighted by Gasteiger charge is -2.33. The number of amides is 1. The van der Waals surface area contributed by atoms with Crippen molar-refractivity contribution in [3.8, 4) is 0 Å². The molecule has 0 aliphatic carbocycles. The number of nitrogens with zero attached hydrogens (tertiary/aromatic N) is 2. The summed E-state index contributed by atoms with van der Waals surface area (Å²) in [6.45, 7) is 5.20. The molecular formula is C17H24F3N3O3S. The van der Waals surface area contributed by atoms with E-state index >= 15 is 0 Å². The van der Waals surface area contributed by atoms with Crippen molar-refractivity contribution >= 4 is 15.9 Å². The van der Waals surface area contributed by atoms with Crippen LogP contribution in [0.5, 0.6) is 0 Å². The van der Waals surface area contributed by atoms with Gasteiger partial charge in [-0.3, -0.25) is 9.69 Å². The zero-order valence-corrected chi connectivity index (χ0v) is 16.1. The Morgan fingerprint density at radius 2 is 1.70 bits per heavy atom. The van der Waals surface area contributed by atoms with Crippen LogP contribution in [0.15, 0.2) is 29.2 Å². The number of alkyl halides is 3. The minimum Gasteiger partial charge on any atom is -0.353 e. The average Bonchev–Trinajstić information content (AvgIpc) is 2.61. The van der Waals surface area contributed by atoms with Crippen molar-refractivity contribution in [2.45, 2.75) is 37.4 Å². The number of carbonyl (C=O) groups is 1. The molecule has 1 N–H and O–H groups in total. The predicted octanol–water partition coefficient (Wildman–Crippen LogP) is 1.93. The first-order chi connectivity index (χ1) is 12.5. The molecule has 0 aromatic heterocycles. The lowest BCUT2D eigenvalue weighted by atomic mass is 10.2. The summed E-state index contributed by atoms with van der Waals surface area (Å²) in [7, 11) is -3.86. The van der Waals surface area contributed by atoms with Crippen LogP contribution in [0.3, 0.4) is 0 Å². The van der Waals surface area contributed by atoms with Crippen LogP contribution in [0.4, 0.5) is 13.2 Å². The Bertz CT molecular complexity index is 743. The monoisotopic (exact) mass is 407 g/mol. The smallest absolute Gasteiger partial charge is 0.353 e. The van der Waals surface area contributed by atoms with Gasteiger partial charge in [0.15, 0.2) is 0 Å². The molecule has 1 unspecified atom stereocenters. The number of carbonyl (C=O) groups excluding carboxylic acids is 1. The van der Waals surface area contributed by atoms with E-state index in [2.05, 4.69) is 5.32 Å². The summed E-state index contributed by atoms with van der Waals surface area (Å²) in [5, 5.41) is 2.86. The highest BCUT2D eigenvalue weighted by atomic mass is 32.2. The van der Waals surface area contributed by atoms with Crippen LogP contribution in [-0.2, 0) is 21.0 Å². The molecule has 0 saturated carbocycles. The van der Waals surface area contributed by atoms with Gasteiger partial charge in [-0.15, -0.1) is 0 Å². The Labute approximate surface area is 157 Å². The van der Waals surface area contributed by atoms with E-state index in [-0.39, 0.29) is 36.5 Å². The van der Waals surface area contributed by atoms with Crippen LogP contribution in [-0.4, -0.2) is 62.3 Å². The zero-order valence-electron chi connectivity index (χ0n) is 15.3. The summed E-state index contributed by atoms with van der Waals surface area (Å²) < 4.78 is 64.3. The molecule has 1 atom stereocenters. The fourth-order valence-corrected chi connectivity index (χ4v) is 4.14. The van der Waals surface area contributed by atoms with Crippen molar-refractivity contribution in [1.82, 2.24) is 14.5 Å². The molecule has 1 amide bonds. The second kappa shape index (κ2) is 8.57. The first-order valence-electron chi connectivity index (χ1n) is 8.73. The van der Waals surface area contributed by atoms with E-state index in [0.29, 0.717) is 13.1 Å². The van der Waals surface area contributed by atoms with Gasteiger partial charge in [0.2, 0.25) is 15.9 Å². The average molecular weight is 407 g/mol. The lowest BCUT2D eigenvalue weighted by Crippen LogP contribution is -2.51. The molecule has 1 saturated heterocycles. The fraction of sp³-hybridized carbons (Fsp3) is 0.588. The molecule has 1 aromatic carbocycles. The third-order valence-corrected chi connectivity index (χ3v) is 6.45. The maximum Gasteiger partial charge on any atom is 0.416 e. The minimum atomic E-state index is -4.51. The summed E-state index contributed by atoms with van der Waals surface area (Å²) in [5.41, 5.74) is -0.890. The third-order valence-electron chi connectivity index (χ3n) is 4.54. The molecule has 1 aliphatic rings. The molecule has 27 heavy (non-hydrogen) atoms. The fourth-order valence-electron chi connectivity index (χ4n) is 2.72. The standard InChI is InChI=1S/C17H24F3N3O3S/c1-3-13(2)21-16(24)12-22-8-10-23(11-9-22)27(25,26)15-6-4-14(5-7-15)17(18,19)20/h4-7,13H,3,8-12H2,1-2H3,(H,21,24). The van der Waals surface area contributed by atoms with Gasteiger partial charge in [0.05, 0.1) is 17.0 Å². The van der Waals surface area contributed by atoms with Crippen LogP contribution >= 0.6 is 0 Å². The van der Waals surface area contributed by atoms with E-state index in [9.17, 15) is 26.4 Å². The van der Waals surface area contributed by atoms with E-state index in [1.807, 2.05) is 18.7 Å². The molecule has 1 heterocycles. The van der Waals surface area contributed by atoms with Gasteiger partial charge in [-0.05, 0) is 37.6 Å². The van der Waals surface area contributed by atoms with Crippen molar-refractivity contribution in [3.63, 3.8) is 0 Å². The van der Waals surface area contributed by atoms with Crippen LogP contribution in [0, 0.1) is 0 Å². The van der Waals surface area contributed by atoms with Gasteiger partial charge in [-0.1, -0.05) is 6.92 Å². The van der Waals surface area contributed by atoms with Crippen LogP contribution < -0.4 is 5.32 Å². The number of rotatable bonds is 6. The van der Waals surface area contributed by atoms with E-state index in [1.165, 1.54) is 4.31 Å². The molecule has 10 heteroatoms. The predicted molar refractivity (Wildman–Crippen MR) is 94.5 cm³/mol. The number of sulfonamides is 1. The van der Waals surface area contributed by atoms with Crippen molar-refractivity contribution in [1.29, 1.82) is 0 Å². The Balaban J connectivity index is 1.95. The molecule has 1 fully saturated rings. The van der Waals surface area contributed by atoms with Crippen molar-refractivity contribution < 1.29 is 26.4 Å². The minimum absolute atomic E-state index is 0.0823. The molecule has 2 rings (SSSR count). The number of benzene rings is 1. The van der Waals surface area contributed by atoms with Crippen molar-refractivity contribution in [2.75, 3.05) is 32.7 Å². The number of hydrogen-bond donors (Lipinski definition) is 1.